The zero-order chi connectivity index (χ0) is 20.0. The van der Waals surface area contributed by atoms with Crippen molar-refractivity contribution < 1.29 is 14.0 Å². The summed E-state index contributed by atoms with van der Waals surface area (Å²) >= 11 is 5.89. The number of benzene rings is 2. The molecule has 1 N–H and O–H groups in total. The maximum Gasteiger partial charge on any atom is 0.242 e. The number of halogens is 2. The predicted octanol–water partition coefficient (Wildman–Crippen LogP) is 3.96. The molecule has 0 aromatic heterocycles. The number of amides is 2. The lowest BCUT2D eigenvalue weighted by molar-refractivity contribution is -0.140. The molecule has 27 heavy (non-hydrogen) atoms. The summed E-state index contributed by atoms with van der Waals surface area (Å²) in [5, 5.41) is 3.39. The summed E-state index contributed by atoms with van der Waals surface area (Å²) in [7, 11) is 0. The normalized spacial score (nSPS) is 11.9. The lowest BCUT2D eigenvalue weighted by Gasteiger charge is -2.29. The topological polar surface area (TPSA) is 49.4 Å². The molecule has 0 saturated heterocycles. The van der Waals surface area contributed by atoms with Crippen molar-refractivity contribution in [2.45, 2.75) is 45.8 Å². The van der Waals surface area contributed by atoms with Crippen LogP contribution in [-0.2, 0) is 22.6 Å². The minimum atomic E-state index is -0.730. The molecular weight excluding hydrogens is 367 g/mol. The second kappa shape index (κ2) is 9.51. The van der Waals surface area contributed by atoms with Crippen LogP contribution < -0.4 is 5.32 Å². The smallest absolute Gasteiger partial charge is 0.242 e. The minimum Gasteiger partial charge on any atom is -0.352 e. The highest BCUT2D eigenvalue weighted by atomic mass is 35.5. The highest BCUT2D eigenvalue weighted by Crippen LogP contribution is 2.16. The molecule has 6 heteroatoms. The second-order valence-corrected chi connectivity index (χ2v) is 7.19. The quantitative estimate of drug-likeness (QED) is 0.777. The van der Waals surface area contributed by atoms with Crippen molar-refractivity contribution in [3.05, 3.63) is 70.5 Å². The highest BCUT2D eigenvalue weighted by molar-refractivity contribution is 6.30. The van der Waals surface area contributed by atoms with Crippen LogP contribution in [0.3, 0.4) is 0 Å². The predicted molar refractivity (Wildman–Crippen MR) is 105 cm³/mol. The van der Waals surface area contributed by atoms with Crippen molar-refractivity contribution in [2.24, 2.45) is 0 Å². The third kappa shape index (κ3) is 6.07. The van der Waals surface area contributed by atoms with Gasteiger partial charge in [-0.3, -0.25) is 9.59 Å². The summed E-state index contributed by atoms with van der Waals surface area (Å²) in [6, 6.07) is 12.4. The maximum atomic E-state index is 14.1. The van der Waals surface area contributed by atoms with E-state index in [1.54, 1.807) is 49.4 Å². The van der Waals surface area contributed by atoms with E-state index < -0.39 is 11.9 Å². The Hall–Kier alpha value is -2.40. The van der Waals surface area contributed by atoms with Gasteiger partial charge in [0.05, 0.1) is 6.42 Å². The fourth-order valence-corrected chi connectivity index (χ4v) is 2.80. The number of hydrogen-bond donors (Lipinski definition) is 1. The summed E-state index contributed by atoms with van der Waals surface area (Å²) in [4.78, 5) is 26.8. The van der Waals surface area contributed by atoms with E-state index in [4.69, 9.17) is 11.6 Å². The summed E-state index contributed by atoms with van der Waals surface area (Å²) in [6.45, 7) is 5.37. The zero-order valence-corrected chi connectivity index (χ0v) is 16.5. The van der Waals surface area contributed by atoms with E-state index in [1.165, 1.54) is 11.0 Å². The first-order valence-electron chi connectivity index (χ1n) is 8.85. The number of carbonyl (C=O) groups is 2. The van der Waals surface area contributed by atoms with E-state index in [9.17, 15) is 14.0 Å². The van der Waals surface area contributed by atoms with Gasteiger partial charge in [0.25, 0.3) is 0 Å². The maximum absolute atomic E-state index is 14.1. The van der Waals surface area contributed by atoms with Gasteiger partial charge in [-0.05, 0) is 44.5 Å². The number of carbonyl (C=O) groups excluding carboxylic acids is 2. The van der Waals surface area contributed by atoms with Crippen molar-refractivity contribution in [1.29, 1.82) is 0 Å². The molecule has 0 aliphatic carbocycles. The molecule has 0 spiro atoms. The summed E-state index contributed by atoms with van der Waals surface area (Å²) in [5.41, 5.74) is 1.14. The largest absolute Gasteiger partial charge is 0.352 e. The molecule has 4 nitrogen and oxygen atoms in total. The van der Waals surface area contributed by atoms with E-state index >= 15 is 0 Å². The second-order valence-electron chi connectivity index (χ2n) is 6.76. The van der Waals surface area contributed by atoms with E-state index in [2.05, 4.69) is 5.32 Å². The lowest BCUT2D eigenvalue weighted by Crippen LogP contribution is -2.49. The molecule has 0 bridgehead atoms. The Kier molecular flexibility index (Phi) is 7.36. The molecule has 0 unspecified atom stereocenters. The van der Waals surface area contributed by atoms with E-state index in [1.807, 2.05) is 13.8 Å². The SMILES string of the molecule is CC(C)NC(=O)[C@H](C)N(Cc1ccccc1F)C(=O)Cc1ccc(Cl)cc1. The van der Waals surface area contributed by atoms with Crippen LogP contribution in [0.1, 0.15) is 31.9 Å². The van der Waals surface area contributed by atoms with Crippen LogP contribution >= 0.6 is 11.6 Å². The van der Waals surface area contributed by atoms with Crippen LogP contribution in [0.15, 0.2) is 48.5 Å². The van der Waals surface area contributed by atoms with Crippen LogP contribution in [0, 0.1) is 5.82 Å². The van der Waals surface area contributed by atoms with Crippen molar-refractivity contribution in [3.8, 4) is 0 Å². The first-order valence-corrected chi connectivity index (χ1v) is 9.23. The third-order valence-corrected chi connectivity index (χ3v) is 4.42. The van der Waals surface area contributed by atoms with Gasteiger partial charge in [-0.25, -0.2) is 4.39 Å². The third-order valence-electron chi connectivity index (χ3n) is 4.17. The zero-order valence-electron chi connectivity index (χ0n) is 15.7. The van der Waals surface area contributed by atoms with Gasteiger partial charge in [0, 0.05) is 23.2 Å². The standard InChI is InChI=1S/C21H24ClFN2O2/c1-14(2)24-21(27)15(3)25(13-17-6-4-5-7-19(17)23)20(26)12-16-8-10-18(22)11-9-16/h4-11,14-15H,12-13H2,1-3H3,(H,24,27)/t15-/m0/s1. The molecule has 0 radical (unpaired) electrons. The summed E-state index contributed by atoms with van der Waals surface area (Å²) in [6.07, 6.45) is 0.102. The average Bonchev–Trinajstić information content (AvgIpc) is 2.61. The van der Waals surface area contributed by atoms with Gasteiger partial charge in [0.15, 0.2) is 0 Å². The molecule has 0 aliphatic rings. The molecule has 1 atom stereocenters. The van der Waals surface area contributed by atoms with Crippen LogP contribution in [0.25, 0.3) is 0 Å². The van der Waals surface area contributed by atoms with Gasteiger partial charge in [0.2, 0.25) is 11.8 Å². The molecule has 0 fully saturated rings. The van der Waals surface area contributed by atoms with E-state index in [-0.39, 0.29) is 30.8 Å². The Labute approximate surface area is 164 Å². The average molecular weight is 391 g/mol. The fraction of sp³-hybridized carbons (Fsp3) is 0.333. The first kappa shape index (κ1) is 20.9. The van der Waals surface area contributed by atoms with Crippen LogP contribution in [0.2, 0.25) is 5.02 Å². The number of nitrogens with one attached hydrogen (secondary N) is 1. The van der Waals surface area contributed by atoms with Crippen molar-refractivity contribution in [3.63, 3.8) is 0 Å². The molecule has 144 valence electrons. The van der Waals surface area contributed by atoms with Crippen LogP contribution in [-0.4, -0.2) is 28.8 Å². The van der Waals surface area contributed by atoms with Crippen molar-refractivity contribution in [2.75, 3.05) is 0 Å². The molecule has 0 heterocycles. The van der Waals surface area contributed by atoms with Gasteiger partial charge in [-0.1, -0.05) is 41.9 Å². The Morgan fingerprint density at radius 3 is 2.30 bits per heavy atom. The van der Waals surface area contributed by atoms with Gasteiger partial charge >= 0.3 is 0 Å². The summed E-state index contributed by atoms with van der Waals surface area (Å²) in [5.74, 6) is -0.934. The number of nitrogens with zero attached hydrogens (tertiary/aromatic N) is 1. The first-order chi connectivity index (χ1) is 12.8. The van der Waals surface area contributed by atoms with Gasteiger partial charge < -0.3 is 10.2 Å². The molecule has 2 aromatic rings. The Morgan fingerprint density at radius 2 is 1.70 bits per heavy atom. The lowest BCUT2D eigenvalue weighted by atomic mass is 10.1. The molecule has 0 aliphatic heterocycles. The Balaban J connectivity index is 2.24. The number of rotatable bonds is 7. The van der Waals surface area contributed by atoms with E-state index in [0.717, 1.165) is 5.56 Å². The molecular formula is C21H24ClFN2O2. The van der Waals surface area contributed by atoms with Crippen LogP contribution in [0.4, 0.5) is 4.39 Å². The molecule has 2 amide bonds. The van der Waals surface area contributed by atoms with Gasteiger partial charge in [-0.2, -0.15) is 0 Å². The molecule has 2 aromatic carbocycles. The Morgan fingerprint density at radius 1 is 1.07 bits per heavy atom. The highest BCUT2D eigenvalue weighted by Gasteiger charge is 2.27. The number of hydrogen-bond acceptors (Lipinski definition) is 2. The van der Waals surface area contributed by atoms with Crippen molar-refractivity contribution in [1.82, 2.24) is 10.2 Å². The van der Waals surface area contributed by atoms with Crippen molar-refractivity contribution >= 4 is 23.4 Å². The summed E-state index contributed by atoms with van der Waals surface area (Å²) < 4.78 is 14.1. The van der Waals surface area contributed by atoms with Gasteiger partial charge in [0.1, 0.15) is 11.9 Å². The van der Waals surface area contributed by atoms with E-state index in [0.29, 0.717) is 10.6 Å². The monoisotopic (exact) mass is 390 g/mol. The van der Waals surface area contributed by atoms with Gasteiger partial charge in [-0.15, -0.1) is 0 Å². The molecule has 0 saturated carbocycles. The minimum absolute atomic E-state index is 0.0196. The fourth-order valence-electron chi connectivity index (χ4n) is 2.68. The Bertz CT molecular complexity index is 793. The molecule has 2 rings (SSSR count). The van der Waals surface area contributed by atoms with Crippen LogP contribution in [0.5, 0.6) is 0 Å².